The monoisotopic (exact) mass is 387 g/mol. The van der Waals surface area contributed by atoms with E-state index in [9.17, 15) is 4.79 Å². The van der Waals surface area contributed by atoms with Crippen LogP contribution in [0, 0.1) is 6.92 Å². The van der Waals surface area contributed by atoms with E-state index in [1.807, 2.05) is 20.8 Å². The first kappa shape index (κ1) is 19.7. The van der Waals surface area contributed by atoms with E-state index in [1.165, 1.54) is 36.6 Å². The molecule has 1 aliphatic heterocycles. The summed E-state index contributed by atoms with van der Waals surface area (Å²) in [5.74, 6) is 0.894. The van der Waals surface area contributed by atoms with E-state index in [2.05, 4.69) is 56.2 Å². The van der Waals surface area contributed by atoms with Gasteiger partial charge in [0.25, 0.3) is 0 Å². The van der Waals surface area contributed by atoms with Crippen LogP contribution in [0.3, 0.4) is 0 Å². The number of nitrogens with one attached hydrogen (secondary N) is 1. The van der Waals surface area contributed by atoms with Gasteiger partial charge in [0.2, 0.25) is 11.9 Å². The fourth-order valence-electron chi connectivity index (χ4n) is 3.17. The van der Waals surface area contributed by atoms with Crippen molar-refractivity contribution in [2.24, 2.45) is 0 Å². The molecule has 1 N–H and O–H groups in total. The maximum absolute atomic E-state index is 12.4. The third-order valence-corrected chi connectivity index (χ3v) is 5.67. The van der Waals surface area contributed by atoms with Gasteiger partial charge in [-0.15, -0.1) is 10.2 Å². The Bertz CT molecular complexity index is 765. The summed E-state index contributed by atoms with van der Waals surface area (Å²) in [5.41, 5.74) is 2.25. The number of rotatable bonds is 6. The van der Waals surface area contributed by atoms with Gasteiger partial charge in [0.1, 0.15) is 0 Å². The van der Waals surface area contributed by atoms with Crippen LogP contribution in [0.5, 0.6) is 0 Å². The van der Waals surface area contributed by atoms with Crippen LogP contribution in [0.2, 0.25) is 0 Å². The zero-order chi connectivity index (χ0) is 19.4. The molecule has 2 aromatic rings. The molecule has 146 valence electrons. The highest BCUT2D eigenvalue weighted by Crippen LogP contribution is 2.30. The molecule has 0 aliphatic carbocycles. The average molecular weight is 388 g/mol. The Hall–Kier alpha value is -2.02. The molecule has 0 radical (unpaired) electrons. The minimum atomic E-state index is -0.241. The van der Waals surface area contributed by atoms with Crippen molar-refractivity contribution in [1.82, 2.24) is 20.1 Å². The quantitative estimate of drug-likeness (QED) is 0.768. The van der Waals surface area contributed by atoms with Gasteiger partial charge in [0, 0.05) is 19.1 Å². The zero-order valence-corrected chi connectivity index (χ0v) is 17.4. The maximum atomic E-state index is 12.4. The number of aromatic nitrogens is 3. The van der Waals surface area contributed by atoms with Crippen molar-refractivity contribution in [3.63, 3.8) is 0 Å². The fraction of sp³-hybridized carbons (Fsp3) is 0.550. The molecule has 1 fully saturated rings. The van der Waals surface area contributed by atoms with Crippen LogP contribution in [0.4, 0.5) is 5.95 Å². The van der Waals surface area contributed by atoms with Crippen molar-refractivity contribution in [2.75, 3.05) is 18.0 Å². The molecular formula is C20H29N5OS. The minimum Gasteiger partial charge on any atom is -0.353 e. The Morgan fingerprint density at radius 1 is 1.07 bits per heavy atom. The Kier molecular flexibility index (Phi) is 6.42. The molecule has 0 spiro atoms. The number of piperidine rings is 1. The van der Waals surface area contributed by atoms with Crippen LogP contribution < -0.4 is 10.2 Å². The summed E-state index contributed by atoms with van der Waals surface area (Å²) >= 11 is 1.45. The molecule has 27 heavy (non-hydrogen) atoms. The van der Waals surface area contributed by atoms with Crippen molar-refractivity contribution < 1.29 is 4.79 Å². The number of carbonyl (C=O) groups is 1. The first-order valence-electron chi connectivity index (χ1n) is 9.70. The molecule has 0 bridgehead atoms. The zero-order valence-electron chi connectivity index (χ0n) is 16.6. The van der Waals surface area contributed by atoms with Gasteiger partial charge in [0.15, 0.2) is 5.16 Å². The third-order valence-electron chi connectivity index (χ3n) is 4.63. The number of anilines is 1. The number of nitrogens with zero attached hydrogens (tertiary/aromatic N) is 4. The lowest BCUT2D eigenvalue weighted by Gasteiger charge is -2.28. The molecule has 3 rings (SSSR count). The summed E-state index contributed by atoms with van der Waals surface area (Å²) in [7, 11) is 0. The number of carbonyl (C=O) groups excluding carboxylic acids is 1. The van der Waals surface area contributed by atoms with Crippen LogP contribution in [-0.2, 0) is 4.79 Å². The van der Waals surface area contributed by atoms with Gasteiger partial charge in [-0.25, -0.2) is 0 Å². The van der Waals surface area contributed by atoms with Gasteiger partial charge in [-0.05, 0) is 59.1 Å². The van der Waals surface area contributed by atoms with Gasteiger partial charge in [-0.2, -0.15) is 0 Å². The van der Waals surface area contributed by atoms with Gasteiger partial charge >= 0.3 is 0 Å². The molecule has 1 atom stereocenters. The minimum absolute atomic E-state index is 0.0213. The lowest BCUT2D eigenvalue weighted by atomic mass is 10.1. The van der Waals surface area contributed by atoms with Crippen molar-refractivity contribution >= 4 is 23.6 Å². The summed E-state index contributed by atoms with van der Waals surface area (Å²) in [5, 5.41) is 12.4. The van der Waals surface area contributed by atoms with E-state index in [0.29, 0.717) is 0 Å². The second-order valence-corrected chi connectivity index (χ2v) is 8.73. The number of hydrogen-bond donors (Lipinski definition) is 1. The fourth-order valence-corrected chi connectivity index (χ4v) is 4.04. The number of thioether (sulfide) groups is 1. The van der Waals surface area contributed by atoms with Crippen molar-refractivity contribution in [3.05, 3.63) is 29.8 Å². The van der Waals surface area contributed by atoms with Gasteiger partial charge in [-0.1, -0.05) is 29.5 Å². The van der Waals surface area contributed by atoms with Crippen LogP contribution in [0.25, 0.3) is 5.69 Å². The third kappa shape index (κ3) is 4.83. The molecule has 7 heteroatoms. The summed E-state index contributed by atoms with van der Waals surface area (Å²) < 4.78 is 2.09. The average Bonchev–Trinajstić information content (AvgIpc) is 3.06. The maximum Gasteiger partial charge on any atom is 0.233 e. The number of benzene rings is 1. The molecule has 0 unspecified atom stereocenters. The highest BCUT2D eigenvalue weighted by atomic mass is 32.2. The molecular weight excluding hydrogens is 358 g/mol. The van der Waals surface area contributed by atoms with E-state index in [1.54, 1.807) is 0 Å². The largest absolute Gasteiger partial charge is 0.353 e. The Balaban J connectivity index is 1.92. The second kappa shape index (κ2) is 8.78. The number of aryl methyl sites for hydroxylation is 1. The SMILES string of the molecule is Cc1ccc(-n2c(S[C@H](C)C(=O)NC(C)C)nnc2N2CCCCC2)cc1. The lowest BCUT2D eigenvalue weighted by Crippen LogP contribution is -2.36. The van der Waals surface area contributed by atoms with Crippen LogP contribution in [0.15, 0.2) is 29.4 Å². The smallest absolute Gasteiger partial charge is 0.233 e. The molecule has 1 amide bonds. The predicted molar refractivity (Wildman–Crippen MR) is 111 cm³/mol. The highest BCUT2D eigenvalue weighted by Gasteiger charge is 2.24. The molecule has 2 heterocycles. The van der Waals surface area contributed by atoms with E-state index in [4.69, 9.17) is 0 Å². The molecule has 1 aromatic carbocycles. The van der Waals surface area contributed by atoms with Gasteiger partial charge < -0.3 is 10.2 Å². The van der Waals surface area contributed by atoms with E-state index >= 15 is 0 Å². The lowest BCUT2D eigenvalue weighted by molar-refractivity contribution is -0.120. The molecule has 6 nitrogen and oxygen atoms in total. The number of amides is 1. The molecule has 0 saturated carbocycles. The summed E-state index contributed by atoms with van der Waals surface area (Å²) in [6.45, 7) is 9.93. The van der Waals surface area contributed by atoms with E-state index < -0.39 is 0 Å². The van der Waals surface area contributed by atoms with Gasteiger partial charge in [-0.3, -0.25) is 9.36 Å². The summed E-state index contributed by atoms with van der Waals surface area (Å²) in [4.78, 5) is 14.7. The Labute approximate surface area is 165 Å². The standard InChI is InChI=1S/C20H29N5OS/c1-14(2)21-18(26)16(4)27-20-23-22-19(24-12-6-5-7-13-24)25(20)17-10-8-15(3)9-11-17/h8-11,14,16H,5-7,12-13H2,1-4H3,(H,21,26)/t16-/m1/s1. The van der Waals surface area contributed by atoms with E-state index in [0.717, 1.165) is 29.9 Å². The van der Waals surface area contributed by atoms with Crippen LogP contribution in [0.1, 0.15) is 45.6 Å². The van der Waals surface area contributed by atoms with Crippen LogP contribution in [-0.4, -0.2) is 45.1 Å². The van der Waals surface area contributed by atoms with Gasteiger partial charge in [0.05, 0.1) is 10.9 Å². The molecule has 1 aromatic heterocycles. The highest BCUT2D eigenvalue weighted by molar-refractivity contribution is 8.00. The number of hydrogen-bond acceptors (Lipinski definition) is 5. The van der Waals surface area contributed by atoms with Crippen LogP contribution >= 0.6 is 11.8 Å². The van der Waals surface area contributed by atoms with E-state index in [-0.39, 0.29) is 17.2 Å². The van der Waals surface area contributed by atoms with Crippen molar-refractivity contribution in [2.45, 2.75) is 63.4 Å². The second-order valence-electron chi connectivity index (χ2n) is 7.42. The predicted octanol–water partition coefficient (Wildman–Crippen LogP) is 3.57. The molecule has 1 aliphatic rings. The Morgan fingerprint density at radius 3 is 2.37 bits per heavy atom. The normalized spacial score (nSPS) is 15.8. The summed E-state index contributed by atoms with van der Waals surface area (Å²) in [6, 6.07) is 8.50. The first-order chi connectivity index (χ1) is 13.0. The van der Waals surface area contributed by atoms with Crippen molar-refractivity contribution in [1.29, 1.82) is 0 Å². The van der Waals surface area contributed by atoms with Crippen molar-refractivity contribution in [3.8, 4) is 5.69 Å². The molecule has 1 saturated heterocycles. The summed E-state index contributed by atoms with van der Waals surface area (Å²) in [6.07, 6.45) is 3.62. The topological polar surface area (TPSA) is 63.1 Å². The Morgan fingerprint density at radius 2 is 1.74 bits per heavy atom. The first-order valence-corrected chi connectivity index (χ1v) is 10.6.